The third-order valence-corrected chi connectivity index (χ3v) is 2.43. The van der Waals surface area contributed by atoms with Gasteiger partial charge in [-0.05, 0) is 12.1 Å². The van der Waals surface area contributed by atoms with Crippen LogP contribution in [0.15, 0.2) is 12.1 Å². The first-order chi connectivity index (χ1) is 6.93. The minimum absolute atomic E-state index is 0.0177. The molecule has 0 aliphatic heterocycles. The van der Waals surface area contributed by atoms with Gasteiger partial charge in [-0.2, -0.15) is 0 Å². The van der Waals surface area contributed by atoms with Gasteiger partial charge < -0.3 is 10.4 Å². The number of carbonyl (C=O) groups is 2. The van der Waals surface area contributed by atoms with E-state index in [0.29, 0.717) is 0 Å². The topological polar surface area (TPSA) is 66.4 Å². The van der Waals surface area contributed by atoms with Gasteiger partial charge >= 0.3 is 5.97 Å². The van der Waals surface area contributed by atoms with Crippen LogP contribution in [0.2, 0.25) is 10.0 Å². The lowest BCUT2D eigenvalue weighted by Crippen LogP contribution is -2.11. The molecule has 0 radical (unpaired) electrons. The van der Waals surface area contributed by atoms with E-state index in [1.165, 1.54) is 19.1 Å². The highest BCUT2D eigenvalue weighted by Crippen LogP contribution is 2.33. The molecule has 80 valence electrons. The van der Waals surface area contributed by atoms with Gasteiger partial charge in [-0.15, -0.1) is 0 Å². The van der Waals surface area contributed by atoms with Gasteiger partial charge in [0.1, 0.15) is 0 Å². The van der Waals surface area contributed by atoms with E-state index in [2.05, 4.69) is 5.32 Å². The van der Waals surface area contributed by atoms with E-state index in [-0.39, 0.29) is 21.3 Å². The lowest BCUT2D eigenvalue weighted by Gasteiger charge is -2.09. The van der Waals surface area contributed by atoms with Crippen molar-refractivity contribution in [2.24, 2.45) is 0 Å². The van der Waals surface area contributed by atoms with Crippen LogP contribution in [0, 0.1) is 0 Å². The van der Waals surface area contributed by atoms with Crippen molar-refractivity contribution in [3.8, 4) is 0 Å². The van der Waals surface area contributed by atoms with Crippen molar-refractivity contribution < 1.29 is 14.7 Å². The van der Waals surface area contributed by atoms with Crippen molar-refractivity contribution in [1.82, 2.24) is 0 Å². The Morgan fingerprint density at radius 2 is 1.93 bits per heavy atom. The fourth-order valence-corrected chi connectivity index (χ4v) is 1.40. The number of hydrogen-bond donors (Lipinski definition) is 2. The molecule has 1 aromatic rings. The van der Waals surface area contributed by atoms with Crippen LogP contribution >= 0.6 is 23.2 Å². The zero-order chi connectivity index (χ0) is 11.6. The summed E-state index contributed by atoms with van der Waals surface area (Å²) in [5.41, 5.74) is -0.0798. The normalized spacial score (nSPS) is 9.80. The van der Waals surface area contributed by atoms with Gasteiger partial charge in [0.05, 0.1) is 21.3 Å². The van der Waals surface area contributed by atoms with E-state index >= 15 is 0 Å². The van der Waals surface area contributed by atoms with E-state index in [9.17, 15) is 9.59 Å². The van der Waals surface area contributed by atoms with Gasteiger partial charge in [0.2, 0.25) is 5.91 Å². The molecular formula is C9H7Cl2NO3. The number of hydrogen-bond acceptors (Lipinski definition) is 2. The molecule has 15 heavy (non-hydrogen) atoms. The van der Waals surface area contributed by atoms with E-state index < -0.39 is 11.9 Å². The molecule has 6 heteroatoms. The summed E-state index contributed by atoms with van der Waals surface area (Å²) < 4.78 is 0. The van der Waals surface area contributed by atoms with Gasteiger partial charge in [-0.1, -0.05) is 23.2 Å². The van der Waals surface area contributed by atoms with E-state index in [0.717, 1.165) is 0 Å². The van der Waals surface area contributed by atoms with E-state index in [4.69, 9.17) is 28.3 Å². The molecule has 0 fully saturated rings. The van der Waals surface area contributed by atoms with Crippen molar-refractivity contribution in [3.63, 3.8) is 0 Å². The minimum atomic E-state index is -1.18. The summed E-state index contributed by atoms with van der Waals surface area (Å²) in [7, 11) is 0. The summed E-state index contributed by atoms with van der Waals surface area (Å²) in [4.78, 5) is 21.7. The number of benzene rings is 1. The minimum Gasteiger partial charge on any atom is -0.478 e. The number of carbonyl (C=O) groups excluding carboxylic acids is 1. The van der Waals surface area contributed by atoms with Crippen LogP contribution in [0.5, 0.6) is 0 Å². The first kappa shape index (κ1) is 11.8. The third kappa shape index (κ3) is 2.61. The molecule has 1 rings (SSSR count). The molecule has 1 aromatic carbocycles. The maximum atomic E-state index is 10.8. The Kier molecular flexibility index (Phi) is 3.55. The Morgan fingerprint density at radius 3 is 2.40 bits per heavy atom. The fraction of sp³-hybridized carbons (Fsp3) is 0.111. The Hall–Kier alpha value is -1.26. The monoisotopic (exact) mass is 247 g/mol. The number of aromatic carboxylic acids is 1. The number of nitrogens with one attached hydrogen (secondary N) is 1. The van der Waals surface area contributed by atoms with Crippen LogP contribution in [0.4, 0.5) is 5.69 Å². The van der Waals surface area contributed by atoms with Gasteiger partial charge in [-0.3, -0.25) is 4.79 Å². The van der Waals surface area contributed by atoms with Gasteiger partial charge in [0.25, 0.3) is 0 Å². The first-order valence-corrected chi connectivity index (χ1v) is 4.68. The molecule has 0 aromatic heterocycles. The lowest BCUT2D eigenvalue weighted by molar-refractivity contribution is -0.114. The predicted molar refractivity (Wildman–Crippen MR) is 57.7 cm³/mol. The van der Waals surface area contributed by atoms with Crippen LogP contribution in [0.1, 0.15) is 17.3 Å². The van der Waals surface area contributed by atoms with Gasteiger partial charge in [0, 0.05) is 6.92 Å². The highest BCUT2D eigenvalue weighted by molar-refractivity contribution is 6.44. The number of carboxylic acid groups (broad SMARTS) is 1. The number of carboxylic acids is 1. The third-order valence-electron chi connectivity index (χ3n) is 1.63. The molecule has 0 atom stereocenters. The van der Waals surface area contributed by atoms with E-state index in [1.54, 1.807) is 0 Å². The fourth-order valence-electron chi connectivity index (χ4n) is 1.03. The Balaban J connectivity index is 3.34. The van der Waals surface area contributed by atoms with Crippen LogP contribution in [-0.2, 0) is 4.79 Å². The lowest BCUT2D eigenvalue weighted by atomic mass is 10.2. The number of rotatable bonds is 2. The maximum absolute atomic E-state index is 10.8. The Morgan fingerprint density at radius 1 is 1.33 bits per heavy atom. The van der Waals surface area contributed by atoms with Crippen LogP contribution in [-0.4, -0.2) is 17.0 Å². The number of halogens is 2. The summed E-state index contributed by atoms with van der Waals surface area (Å²) >= 11 is 11.5. The molecule has 0 spiro atoms. The largest absolute Gasteiger partial charge is 0.478 e. The molecule has 0 bridgehead atoms. The Labute approximate surface area is 95.8 Å². The molecule has 1 amide bonds. The molecule has 0 heterocycles. The summed E-state index contributed by atoms with van der Waals surface area (Å²) in [6.07, 6.45) is 0. The molecule has 0 aliphatic carbocycles. The quantitative estimate of drug-likeness (QED) is 0.845. The highest BCUT2D eigenvalue weighted by Gasteiger charge is 2.16. The smallest absolute Gasteiger partial charge is 0.337 e. The van der Waals surface area contributed by atoms with Crippen LogP contribution < -0.4 is 5.32 Å². The average Bonchev–Trinajstić information content (AvgIpc) is 2.12. The Bertz CT molecular complexity index is 432. The molecular weight excluding hydrogens is 241 g/mol. The summed E-state index contributed by atoms with van der Waals surface area (Å²) in [6, 6.07) is 2.64. The van der Waals surface area contributed by atoms with Crippen molar-refractivity contribution in [2.75, 3.05) is 5.32 Å². The SMILES string of the molecule is CC(=O)Nc1c(C(=O)O)ccc(Cl)c1Cl. The van der Waals surface area contributed by atoms with Crippen molar-refractivity contribution in [2.45, 2.75) is 6.92 Å². The molecule has 4 nitrogen and oxygen atoms in total. The molecule has 2 N–H and O–H groups in total. The predicted octanol–water partition coefficient (Wildman–Crippen LogP) is 2.65. The second-order valence-electron chi connectivity index (χ2n) is 2.77. The molecule has 0 saturated heterocycles. The first-order valence-electron chi connectivity index (χ1n) is 3.92. The standard InChI is InChI=1S/C9H7Cl2NO3/c1-4(13)12-8-5(9(14)15)2-3-6(10)7(8)11/h2-3H,1H3,(H,12,13)(H,14,15). The molecule has 0 saturated carbocycles. The second-order valence-corrected chi connectivity index (χ2v) is 3.56. The van der Waals surface area contributed by atoms with Crippen molar-refractivity contribution >= 4 is 40.8 Å². The maximum Gasteiger partial charge on any atom is 0.337 e. The van der Waals surface area contributed by atoms with Crippen molar-refractivity contribution in [1.29, 1.82) is 0 Å². The van der Waals surface area contributed by atoms with Gasteiger partial charge in [-0.25, -0.2) is 4.79 Å². The van der Waals surface area contributed by atoms with E-state index in [1.807, 2.05) is 0 Å². The number of anilines is 1. The van der Waals surface area contributed by atoms with Crippen LogP contribution in [0.3, 0.4) is 0 Å². The van der Waals surface area contributed by atoms with Crippen LogP contribution in [0.25, 0.3) is 0 Å². The zero-order valence-electron chi connectivity index (χ0n) is 7.67. The molecule has 0 aliphatic rings. The van der Waals surface area contributed by atoms with Gasteiger partial charge in [0.15, 0.2) is 0 Å². The summed E-state index contributed by atoms with van der Waals surface area (Å²) in [6.45, 7) is 1.25. The average molecular weight is 248 g/mol. The second kappa shape index (κ2) is 4.51. The van der Waals surface area contributed by atoms with Crippen molar-refractivity contribution in [3.05, 3.63) is 27.7 Å². The number of amides is 1. The zero-order valence-corrected chi connectivity index (χ0v) is 9.19. The summed E-state index contributed by atoms with van der Waals surface area (Å²) in [5, 5.41) is 11.4. The molecule has 0 unspecified atom stereocenters. The summed E-state index contributed by atoms with van der Waals surface area (Å²) in [5.74, 6) is -1.60. The highest BCUT2D eigenvalue weighted by atomic mass is 35.5.